The van der Waals surface area contributed by atoms with Crippen molar-refractivity contribution in [1.29, 1.82) is 0 Å². The van der Waals surface area contributed by atoms with E-state index in [1.807, 2.05) is 0 Å². The van der Waals surface area contributed by atoms with Gasteiger partial charge in [0, 0.05) is 5.69 Å². The predicted molar refractivity (Wildman–Crippen MR) is 63.2 cm³/mol. The van der Waals surface area contributed by atoms with Crippen LogP contribution in [0.4, 0.5) is 14.5 Å². The van der Waals surface area contributed by atoms with Crippen LogP contribution < -0.4 is 10.0 Å². The third-order valence-electron chi connectivity index (χ3n) is 2.22. The molecule has 0 atom stereocenters. The molecule has 1 rings (SSSR count). The van der Waals surface area contributed by atoms with Crippen LogP contribution in [0, 0.1) is 0 Å². The number of rotatable bonds is 6. The lowest BCUT2D eigenvalue weighted by atomic mass is 10.3. The van der Waals surface area contributed by atoms with Crippen LogP contribution in [0.15, 0.2) is 29.2 Å². The molecule has 0 amide bonds. The molecule has 0 heterocycles. The molecule has 0 aliphatic heterocycles. The summed E-state index contributed by atoms with van der Waals surface area (Å²) in [6.45, 7) is -1.96. The number of aliphatic hydroxyl groups excluding tert-OH is 1. The zero-order valence-electron chi connectivity index (χ0n) is 9.65. The Hall–Kier alpha value is -1.25. The summed E-state index contributed by atoms with van der Waals surface area (Å²) in [5, 5.41) is 10.8. The topological polar surface area (TPSA) is 78.4 Å². The average Bonchev–Trinajstić information content (AvgIpc) is 2.37. The Kier molecular flexibility index (Phi) is 4.60. The van der Waals surface area contributed by atoms with Gasteiger partial charge in [-0.2, -0.15) is 0 Å². The molecule has 8 heteroatoms. The molecule has 5 nitrogen and oxygen atoms in total. The number of alkyl halides is 2. The van der Waals surface area contributed by atoms with Crippen LogP contribution >= 0.6 is 0 Å². The second kappa shape index (κ2) is 5.59. The Bertz CT molecular complexity index is 488. The summed E-state index contributed by atoms with van der Waals surface area (Å²) in [4.78, 5) is 0.0458. The predicted octanol–water partition coefficient (Wildman–Crippen LogP) is 0.634. The SMILES string of the molecule is CNS(=O)(=O)c1ccc(NCC(F)(F)CO)cc1. The second-order valence-electron chi connectivity index (χ2n) is 3.60. The summed E-state index contributed by atoms with van der Waals surface area (Å²) in [7, 11) is -2.25. The highest BCUT2D eigenvalue weighted by Crippen LogP contribution is 2.17. The molecule has 1 aromatic rings. The molecule has 0 bridgehead atoms. The highest BCUT2D eigenvalue weighted by Gasteiger charge is 2.27. The summed E-state index contributed by atoms with van der Waals surface area (Å²) in [6, 6.07) is 5.34. The second-order valence-corrected chi connectivity index (χ2v) is 5.49. The van der Waals surface area contributed by atoms with E-state index >= 15 is 0 Å². The van der Waals surface area contributed by atoms with E-state index in [1.165, 1.54) is 31.3 Å². The van der Waals surface area contributed by atoms with Gasteiger partial charge in [0.1, 0.15) is 6.61 Å². The summed E-state index contributed by atoms with van der Waals surface area (Å²) < 4.78 is 50.4. The van der Waals surface area contributed by atoms with E-state index in [4.69, 9.17) is 5.11 Å². The molecule has 0 unspecified atom stereocenters. The molecular formula is C10H14F2N2O3S. The van der Waals surface area contributed by atoms with Gasteiger partial charge < -0.3 is 10.4 Å². The summed E-state index contributed by atoms with van der Waals surface area (Å²) >= 11 is 0. The van der Waals surface area contributed by atoms with Gasteiger partial charge in [0.05, 0.1) is 11.4 Å². The van der Waals surface area contributed by atoms with Gasteiger partial charge in [-0.05, 0) is 31.3 Å². The van der Waals surface area contributed by atoms with Crippen molar-refractivity contribution in [1.82, 2.24) is 4.72 Å². The maximum Gasteiger partial charge on any atom is 0.287 e. The van der Waals surface area contributed by atoms with Crippen LogP contribution in [0.3, 0.4) is 0 Å². The van der Waals surface area contributed by atoms with Crippen LogP contribution in [0.1, 0.15) is 0 Å². The molecule has 0 fully saturated rings. The van der Waals surface area contributed by atoms with Crippen molar-refractivity contribution in [3.63, 3.8) is 0 Å². The number of hydrogen-bond acceptors (Lipinski definition) is 4. The zero-order valence-corrected chi connectivity index (χ0v) is 10.5. The minimum Gasteiger partial charge on any atom is -0.390 e. The number of hydrogen-bond donors (Lipinski definition) is 3. The summed E-state index contributed by atoms with van der Waals surface area (Å²) in [6.07, 6.45) is 0. The fourth-order valence-electron chi connectivity index (χ4n) is 1.16. The van der Waals surface area contributed by atoms with Gasteiger partial charge >= 0.3 is 0 Å². The van der Waals surface area contributed by atoms with E-state index in [1.54, 1.807) is 0 Å². The molecule has 102 valence electrons. The molecule has 0 spiro atoms. The van der Waals surface area contributed by atoms with E-state index in [0.717, 1.165) is 0 Å². The Balaban J connectivity index is 2.73. The maximum atomic E-state index is 12.7. The fourth-order valence-corrected chi connectivity index (χ4v) is 1.89. The molecule has 0 aliphatic carbocycles. The number of benzene rings is 1. The van der Waals surface area contributed by atoms with Crippen LogP contribution in [-0.2, 0) is 10.0 Å². The molecule has 0 saturated heterocycles. The van der Waals surface area contributed by atoms with E-state index in [-0.39, 0.29) is 4.90 Å². The molecular weight excluding hydrogens is 266 g/mol. The third-order valence-corrected chi connectivity index (χ3v) is 3.65. The Morgan fingerprint density at radius 2 is 1.83 bits per heavy atom. The summed E-state index contributed by atoms with van der Waals surface area (Å²) in [5.41, 5.74) is 0.346. The van der Waals surface area contributed by atoms with Crippen molar-refractivity contribution in [3.8, 4) is 0 Å². The van der Waals surface area contributed by atoms with Crippen LogP contribution in [0.2, 0.25) is 0 Å². The van der Waals surface area contributed by atoms with Gasteiger partial charge in [-0.1, -0.05) is 0 Å². The lowest BCUT2D eigenvalue weighted by molar-refractivity contribution is -0.0372. The first kappa shape index (κ1) is 14.8. The molecule has 0 radical (unpaired) electrons. The van der Waals surface area contributed by atoms with Gasteiger partial charge in [-0.25, -0.2) is 21.9 Å². The van der Waals surface area contributed by atoms with Crippen molar-refractivity contribution in [3.05, 3.63) is 24.3 Å². The van der Waals surface area contributed by atoms with Crippen molar-refractivity contribution >= 4 is 15.7 Å². The van der Waals surface area contributed by atoms with Gasteiger partial charge in [0.2, 0.25) is 10.0 Å². The first-order chi connectivity index (χ1) is 8.30. The molecule has 3 N–H and O–H groups in total. The third kappa shape index (κ3) is 3.90. The first-order valence-corrected chi connectivity index (χ1v) is 6.55. The minimum absolute atomic E-state index is 0.0458. The first-order valence-electron chi connectivity index (χ1n) is 5.07. The van der Waals surface area contributed by atoms with Gasteiger partial charge in [0.15, 0.2) is 0 Å². The van der Waals surface area contributed by atoms with E-state index in [2.05, 4.69) is 10.0 Å². The maximum absolute atomic E-state index is 12.7. The van der Waals surface area contributed by atoms with Crippen LogP contribution in [-0.4, -0.2) is 39.6 Å². The Morgan fingerprint density at radius 1 is 1.28 bits per heavy atom. The molecule has 1 aromatic carbocycles. The number of sulfonamides is 1. The van der Waals surface area contributed by atoms with Gasteiger partial charge in [0.25, 0.3) is 5.92 Å². The zero-order chi connectivity index (χ0) is 13.8. The normalized spacial score (nSPS) is 12.4. The lowest BCUT2D eigenvalue weighted by Gasteiger charge is -2.15. The van der Waals surface area contributed by atoms with Crippen molar-refractivity contribution in [2.45, 2.75) is 10.8 Å². The largest absolute Gasteiger partial charge is 0.390 e. The molecule has 0 saturated carbocycles. The van der Waals surface area contributed by atoms with Crippen LogP contribution in [0.25, 0.3) is 0 Å². The lowest BCUT2D eigenvalue weighted by Crippen LogP contribution is -2.31. The fraction of sp³-hybridized carbons (Fsp3) is 0.400. The molecule has 0 aliphatic rings. The van der Waals surface area contributed by atoms with Crippen molar-refractivity contribution in [2.24, 2.45) is 0 Å². The number of anilines is 1. The number of nitrogens with one attached hydrogen (secondary N) is 2. The Labute approximate surface area is 104 Å². The van der Waals surface area contributed by atoms with Crippen LogP contribution in [0.5, 0.6) is 0 Å². The number of aliphatic hydroxyl groups is 1. The van der Waals surface area contributed by atoms with Crippen molar-refractivity contribution < 1.29 is 22.3 Å². The smallest absolute Gasteiger partial charge is 0.287 e. The molecule has 0 aromatic heterocycles. The minimum atomic E-state index is -3.53. The Morgan fingerprint density at radius 3 is 2.28 bits per heavy atom. The quantitative estimate of drug-likeness (QED) is 0.714. The standard InChI is InChI=1S/C10H14F2N2O3S/c1-13-18(16,17)9-4-2-8(3-5-9)14-6-10(11,12)7-15/h2-5,13-15H,6-7H2,1H3. The van der Waals surface area contributed by atoms with E-state index < -0.39 is 29.1 Å². The number of halogens is 2. The monoisotopic (exact) mass is 280 g/mol. The highest BCUT2D eigenvalue weighted by atomic mass is 32.2. The average molecular weight is 280 g/mol. The molecule has 18 heavy (non-hydrogen) atoms. The van der Waals surface area contributed by atoms with E-state index in [9.17, 15) is 17.2 Å². The van der Waals surface area contributed by atoms with Gasteiger partial charge in [-0.15, -0.1) is 0 Å². The van der Waals surface area contributed by atoms with Gasteiger partial charge in [-0.3, -0.25) is 0 Å². The highest BCUT2D eigenvalue weighted by molar-refractivity contribution is 7.89. The summed E-state index contributed by atoms with van der Waals surface area (Å²) in [5.74, 6) is -3.21. The van der Waals surface area contributed by atoms with E-state index in [0.29, 0.717) is 5.69 Å². The van der Waals surface area contributed by atoms with Crippen molar-refractivity contribution in [2.75, 3.05) is 25.5 Å².